The van der Waals surface area contributed by atoms with E-state index in [-0.39, 0.29) is 5.97 Å². The summed E-state index contributed by atoms with van der Waals surface area (Å²) in [7, 11) is 0. The van der Waals surface area contributed by atoms with Crippen molar-refractivity contribution in [1.82, 2.24) is 0 Å². The van der Waals surface area contributed by atoms with Gasteiger partial charge < -0.3 is 10.5 Å². The lowest BCUT2D eigenvalue weighted by Gasteiger charge is -2.02. The molecule has 0 aliphatic heterocycles. The zero-order valence-electron chi connectivity index (χ0n) is 8.73. The van der Waals surface area contributed by atoms with E-state index in [0.717, 1.165) is 10.5 Å². The van der Waals surface area contributed by atoms with Crippen LogP contribution < -0.4 is 5.73 Å². The number of hydrogen-bond acceptors (Lipinski definition) is 4. The second-order valence-electron chi connectivity index (χ2n) is 2.94. The molecule has 0 aliphatic carbocycles. The highest BCUT2D eigenvalue weighted by Crippen LogP contribution is 2.18. The first kappa shape index (κ1) is 12.1. The van der Waals surface area contributed by atoms with Crippen LogP contribution in [0.15, 0.2) is 29.2 Å². The van der Waals surface area contributed by atoms with Crippen molar-refractivity contribution in [2.75, 3.05) is 12.4 Å². The molecule has 0 aliphatic rings. The van der Waals surface area contributed by atoms with Crippen LogP contribution >= 0.6 is 11.8 Å². The summed E-state index contributed by atoms with van der Waals surface area (Å²) in [6.45, 7) is 2.78. The van der Waals surface area contributed by atoms with Crippen molar-refractivity contribution >= 4 is 17.7 Å². The lowest BCUT2D eigenvalue weighted by molar-refractivity contribution is -0.139. The highest BCUT2D eigenvalue weighted by Gasteiger charge is 2.02. The summed E-state index contributed by atoms with van der Waals surface area (Å²) in [5, 5.41) is 0. The van der Waals surface area contributed by atoms with Crippen LogP contribution in [0.25, 0.3) is 0 Å². The van der Waals surface area contributed by atoms with Crippen molar-refractivity contribution in [1.29, 1.82) is 0 Å². The van der Waals surface area contributed by atoms with Gasteiger partial charge in [0.05, 0.1) is 12.4 Å². The number of nitrogens with two attached hydrogens (primary N) is 1. The maximum Gasteiger partial charge on any atom is 0.316 e. The van der Waals surface area contributed by atoms with Gasteiger partial charge in [0.2, 0.25) is 0 Å². The predicted molar refractivity (Wildman–Crippen MR) is 61.7 cm³/mol. The number of ether oxygens (including phenoxy) is 1. The van der Waals surface area contributed by atoms with Gasteiger partial charge in [0, 0.05) is 11.4 Å². The van der Waals surface area contributed by atoms with Crippen molar-refractivity contribution < 1.29 is 9.53 Å². The molecule has 0 bridgehead atoms. The summed E-state index contributed by atoms with van der Waals surface area (Å²) in [5.41, 5.74) is 6.57. The Bertz CT molecular complexity index is 311. The molecule has 0 fully saturated rings. The van der Waals surface area contributed by atoms with E-state index in [2.05, 4.69) is 0 Å². The molecule has 0 atom stereocenters. The number of carbonyl (C=O) groups excluding carboxylic acids is 1. The fourth-order valence-electron chi connectivity index (χ4n) is 1.07. The summed E-state index contributed by atoms with van der Waals surface area (Å²) >= 11 is 1.47. The molecule has 0 heterocycles. The fourth-order valence-corrected chi connectivity index (χ4v) is 1.76. The monoisotopic (exact) mass is 225 g/mol. The minimum absolute atomic E-state index is 0.176. The lowest BCUT2D eigenvalue weighted by atomic mass is 10.2. The third-order valence-corrected chi connectivity index (χ3v) is 2.81. The number of hydrogen-bond donors (Lipinski definition) is 1. The molecule has 0 amide bonds. The first-order chi connectivity index (χ1) is 7.26. The Morgan fingerprint density at radius 3 is 2.60 bits per heavy atom. The van der Waals surface area contributed by atoms with Crippen LogP contribution in [0.5, 0.6) is 0 Å². The number of benzene rings is 1. The van der Waals surface area contributed by atoms with Gasteiger partial charge in [0.25, 0.3) is 0 Å². The summed E-state index contributed by atoms with van der Waals surface area (Å²) in [4.78, 5) is 12.1. The van der Waals surface area contributed by atoms with E-state index >= 15 is 0 Å². The molecule has 0 saturated carbocycles. The van der Waals surface area contributed by atoms with E-state index in [1.54, 1.807) is 6.92 Å². The van der Waals surface area contributed by atoms with Crippen LogP contribution in [0, 0.1) is 0 Å². The zero-order valence-corrected chi connectivity index (χ0v) is 9.55. The van der Waals surface area contributed by atoms with Crippen LogP contribution in [-0.4, -0.2) is 18.3 Å². The molecule has 0 saturated heterocycles. The fraction of sp³-hybridized carbons (Fsp3) is 0.364. The molecular weight excluding hydrogens is 210 g/mol. The largest absolute Gasteiger partial charge is 0.465 e. The topological polar surface area (TPSA) is 52.3 Å². The Morgan fingerprint density at radius 2 is 2.07 bits per heavy atom. The van der Waals surface area contributed by atoms with Gasteiger partial charge in [0.1, 0.15) is 0 Å². The van der Waals surface area contributed by atoms with Crippen LogP contribution in [0.1, 0.15) is 12.5 Å². The molecule has 1 rings (SSSR count). The van der Waals surface area contributed by atoms with Gasteiger partial charge >= 0.3 is 5.97 Å². The van der Waals surface area contributed by atoms with Gasteiger partial charge in [-0.1, -0.05) is 12.1 Å². The predicted octanol–water partition coefficient (Wildman–Crippen LogP) is 1.80. The van der Waals surface area contributed by atoms with Gasteiger partial charge in [-0.2, -0.15) is 0 Å². The van der Waals surface area contributed by atoms with Gasteiger partial charge in [-0.15, -0.1) is 11.8 Å². The highest BCUT2D eigenvalue weighted by atomic mass is 32.2. The van der Waals surface area contributed by atoms with E-state index in [4.69, 9.17) is 10.5 Å². The van der Waals surface area contributed by atoms with Gasteiger partial charge in [-0.25, -0.2) is 0 Å². The first-order valence-electron chi connectivity index (χ1n) is 4.83. The molecule has 1 aromatic carbocycles. The van der Waals surface area contributed by atoms with Crippen LogP contribution in [-0.2, 0) is 16.1 Å². The molecule has 4 heteroatoms. The molecule has 2 N–H and O–H groups in total. The molecule has 0 aromatic heterocycles. The molecule has 0 spiro atoms. The summed E-state index contributed by atoms with van der Waals surface area (Å²) < 4.78 is 4.83. The Balaban J connectivity index is 2.40. The highest BCUT2D eigenvalue weighted by molar-refractivity contribution is 8.00. The van der Waals surface area contributed by atoms with Crippen molar-refractivity contribution in [3.05, 3.63) is 29.8 Å². The van der Waals surface area contributed by atoms with E-state index in [0.29, 0.717) is 18.9 Å². The molecule has 1 aromatic rings. The smallest absolute Gasteiger partial charge is 0.316 e. The molecule has 3 nitrogen and oxygen atoms in total. The van der Waals surface area contributed by atoms with E-state index in [1.807, 2.05) is 24.3 Å². The third-order valence-electron chi connectivity index (χ3n) is 1.82. The maximum atomic E-state index is 11.1. The lowest BCUT2D eigenvalue weighted by Crippen LogP contribution is -2.06. The molecule has 15 heavy (non-hydrogen) atoms. The summed E-state index contributed by atoms with van der Waals surface area (Å²) in [6, 6.07) is 7.86. The number of rotatable bonds is 5. The maximum absolute atomic E-state index is 11.1. The van der Waals surface area contributed by atoms with Crippen LogP contribution in [0.2, 0.25) is 0 Å². The number of carbonyl (C=O) groups is 1. The Hall–Kier alpha value is -1.00. The molecule has 0 radical (unpaired) electrons. The van der Waals surface area contributed by atoms with E-state index in [1.165, 1.54) is 11.8 Å². The van der Waals surface area contributed by atoms with Crippen LogP contribution in [0.4, 0.5) is 0 Å². The standard InChI is InChI=1S/C11H15NO2S/c1-2-14-11(13)8-15-10-5-3-9(7-12)4-6-10/h3-6H,2,7-8,12H2,1H3. The first-order valence-corrected chi connectivity index (χ1v) is 5.82. The minimum Gasteiger partial charge on any atom is -0.465 e. The van der Waals surface area contributed by atoms with Crippen molar-refractivity contribution in [3.8, 4) is 0 Å². The Labute approximate surface area is 94.0 Å². The van der Waals surface area contributed by atoms with Crippen molar-refractivity contribution in [3.63, 3.8) is 0 Å². The molecule has 0 unspecified atom stereocenters. The average Bonchev–Trinajstić information content (AvgIpc) is 2.27. The minimum atomic E-state index is -0.176. The summed E-state index contributed by atoms with van der Waals surface area (Å²) in [6.07, 6.45) is 0. The number of esters is 1. The van der Waals surface area contributed by atoms with Crippen molar-refractivity contribution in [2.24, 2.45) is 5.73 Å². The molecular formula is C11H15NO2S. The van der Waals surface area contributed by atoms with Gasteiger partial charge in [-0.05, 0) is 24.6 Å². The van der Waals surface area contributed by atoms with Gasteiger partial charge in [0.15, 0.2) is 0 Å². The van der Waals surface area contributed by atoms with Gasteiger partial charge in [-0.3, -0.25) is 4.79 Å². The van der Waals surface area contributed by atoms with Crippen molar-refractivity contribution in [2.45, 2.75) is 18.4 Å². The Morgan fingerprint density at radius 1 is 1.40 bits per heavy atom. The number of thioether (sulfide) groups is 1. The van der Waals surface area contributed by atoms with E-state index < -0.39 is 0 Å². The zero-order chi connectivity index (χ0) is 11.1. The van der Waals surface area contributed by atoms with Crippen LogP contribution in [0.3, 0.4) is 0 Å². The van der Waals surface area contributed by atoms with E-state index in [9.17, 15) is 4.79 Å². The second-order valence-corrected chi connectivity index (χ2v) is 3.99. The Kier molecular flexibility index (Phi) is 5.21. The average molecular weight is 225 g/mol. The quantitative estimate of drug-likeness (QED) is 0.613. The second kappa shape index (κ2) is 6.48. The third kappa shape index (κ3) is 4.36. The molecule has 82 valence electrons. The normalized spacial score (nSPS) is 10.0. The SMILES string of the molecule is CCOC(=O)CSc1ccc(CN)cc1. The summed E-state index contributed by atoms with van der Waals surface area (Å²) in [5.74, 6) is 0.181.